The van der Waals surface area contributed by atoms with Crippen LogP contribution in [-0.4, -0.2) is 30.5 Å². The molecule has 0 saturated heterocycles. The Hall–Kier alpha value is -2.61. The molecular formula is C20H19F5N2O. The molecule has 28 heavy (non-hydrogen) atoms. The third-order valence-corrected chi connectivity index (χ3v) is 4.30. The van der Waals surface area contributed by atoms with Crippen molar-refractivity contribution in [2.45, 2.75) is 25.3 Å². The molecule has 0 spiro atoms. The molecule has 0 aliphatic carbocycles. The summed E-state index contributed by atoms with van der Waals surface area (Å²) >= 11 is 0. The second kappa shape index (κ2) is 8.60. The Kier molecular flexibility index (Phi) is 6.18. The van der Waals surface area contributed by atoms with E-state index < -0.39 is 19.0 Å². The predicted molar refractivity (Wildman–Crippen MR) is 96.6 cm³/mol. The SMILES string of the molecule is Fc1cccc2c(CCNCc3cccc(OCC(F)(F)C(F)F)c3)c[nH]c12. The number of rotatable bonds is 9. The largest absolute Gasteiger partial charge is 0.487 e. The Balaban J connectivity index is 1.50. The van der Waals surface area contributed by atoms with Crippen molar-refractivity contribution in [3.05, 3.63) is 65.6 Å². The Morgan fingerprint density at radius 2 is 1.89 bits per heavy atom. The summed E-state index contributed by atoms with van der Waals surface area (Å²) in [5, 5.41) is 4.04. The molecule has 0 amide bonds. The number of aromatic nitrogens is 1. The third-order valence-electron chi connectivity index (χ3n) is 4.30. The molecule has 1 heterocycles. The number of fused-ring (bicyclic) bond motifs is 1. The van der Waals surface area contributed by atoms with E-state index in [1.54, 1.807) is 24.4 Å². The van der Waals surface area contributed by atoms with Gasteiger partial charge in [-0.2, -0.15) is 8.78 Å². The summed E-state index contributed by atoms with van der Waals surface area (Å²) in [6.07, 6.45) is -1.33. The van der Waals surface area contributed by atoms with Gasteiger partial charge in [0.1, 0.15) is 11.6 Å². The van der Waals surface area contributed by atoms with Gasteiger partial charge in [0.25, 0.3) is 0 Å². The summed E-state index contributed by atoms with van der Waals surface area (Å²) in [6, 6.07) is 11.2. The molecule has 1 aromatic heterocycles. The second-order valence-electron chi connectivity index (χ2n) is 6.40. The van der Waals surface area contributed by atoms with Crippen LogP contribution < -0.4 is 10.1 Å². The van der Waals surface area contributed by atoms with Gasteiger partial charge in [-0.15, -0.1) is 0 Å². The summed E-state index contributed by atoms with van der Waals surface area (Å²) in [5.74, 6) is -4.38. The van der Waals surface area contributed by atoms with Gasteiger partial charge in [0.2, 0.25) is 0 Å². The van der Waals surface area contributed by atoms with Crippen molar-refractivity contribution in [2.24, 2.45) is 0 Å². The van der Waals surface area contributed by atoms with Crippen molar-refractivity contribution in [1.82, 2.24) is 10.3 Å². The molecule has 3 rings (SSSR count). The molecule has 0 aliphatic rings. The molecule has 2 N–H and O–H groups in total. The van der Waals surface area contributed by atoms with E-state index in [2.05, 4.69) is 10.3 Å². The van der Waals surface area contributed by atoms with E-state index in [0.717, 1.165) is 16.5 Å². The first kappa shape index (κ1) is 20.1. The van der Waals surface area contributed by atoms with Crippen molar-refractivity contribution in [2.75, 3.05) is 13.2 Å². The topological polar surface area (TPSA) is 37.0 Å². The highest BCUT2D eigenvalue weighted by atomic mass is 19.3. The van der Waals surface area contributed by atoms with Crippen LogP contribution in [0.15, 0.2) is 48.7 Å². The first-order valence-corrected chi connectivity index (χ1v) is 8.70. The number of H-pyrrole nitrogens is 1. The molecule has 0 fully saturated rings. The fourth-order valence-electron chi connectivity index (χ4n) is 2.83. The molecule has 0 unspecified atom stereocenters. The van der Waals surface area contributed by atoms with Crippen molar-refractivity contribution in [3.63, 3.8) is 0 Å². The van der Waals surface area contributed by atoms with Crippen LogP contribution in [0, 0.1) is 5.82 Å². The van der Waals surface area contributed by atoms with Crippen LogP contribution in [-0.2, 0) is 13.0 Å². The minimum absolute atomic E-state index is 0.103. The molecule has 3 aromatic rings. The molecule has 2 aromatic carbocycles. The van der Waals surface area contributed by atoms with Crippen LogP contribution in [0.25, 0.3) is 10.9 Å². The van der Waals surface area contributed by atoms with Crippen LogP contribution in [0.3, 0.4) is 0 Å². The van der Waals surface area contributed by atoms with Crippen molar-refractivity contribution >= 4 is 10.9 Å². The number of ether oxygens (including phenoxy) is 1. The molecule has 0 aliphatic heterocycles. The zero-order valence-electron chi connectivity index (χ0n) is 14.8. The van der Waals surface area contributed by atoms with Gasteiger partial charge in [0.15, 0.2) is 6.61 Å². The zero-order chi connectivity index (χ0) is 20.1. The predicted octanol–water partition coefficient (Wildman–Crippen LogP) is 4.92. The normalized spacial score (nSPS) is 12.1. The van der Waals surface area contributed by atoms with Crippen LogP contribution in [0.4, 0.5) is 22.0 Å². The van der Waals surface area contributed by atoms with Gasteiger partial charge in [0.05, 0.1) is 5.52 Å². The van der Waals surface area contributed by atoms with Gasteiger partial charge in [-0.3, -0.25) is 0 Å². The summed E-state index contributed by atoms with van der Waals surface area (Å²) in [4.78, 5) is 2.92. The van der Waals surface area contributed by atoms with E-state index in [9.17, 15) is 22.0 Å². The van der Waals surface area contributed by atoms with Gasteiger partial charge in [-0.05, 0) is 42.3 Å². The van der Waals surface area contributed by atoms with Crippen LogP contribution in [0.5, 0.6) is 5.75 Å². The van der Waals surface area contributed by atoms with Crippen molar-refractivity contribution in [1.29, 1.82) is 0 Å². The molecular weight excluding hydrogens is 379 g/mol. The van der Waals surface area contributed by atoms with Gasteiger partial charge in [-0.25, -0.2) is 13.2 Å². The fraction of sp³-hybridized carbons (Fsp3) is 0.300. The smallest absolute Gasteiger partial charge is 0.340 e. The Morgan fingerprint density at radius 1 is 1.11 bits per heavy atom. The molecule has 0 radical (unpaired) electrons. The van der Waals surface area contributed by atoms with Crippen molar-refractivity contribution < 1.29 is 26.7 Å². The molecule has 0 bridgehead atoms. The summed E-state index contributed by atoms with van der Waals surface area (Å²) in [7, 11) is 0. The second-order valence-corrected chi connectivity index (χ2v) is 6.40. The molecule has 0 atom stereocenters. The average molecular weight is 398 g/mol. The molecule has 150 valence electrons. The van der Waals surface area contributed by atoms with Gasteiger partial charge in [-0.1, -0.05) is 24.3 Å². The maximum atomic E-state index is 13.7. The number of halogens is 5. The van der Waals surface area contributed by atoms with E-state index in [1.807, 2.05) is 6.07 Å². The molecule has 3 nitrogen and oxygen atoms in total. The lowest BCUT2D eigenvalue weighted by atomic mass is 10.1. The summed E-state index contributed by atoms with van der Waals surface area (Å²) < 4.78 is 68.7. The van der Waals surface area contributed by atoms with E-state index in [-0.39, 0.29) is 11.6 Å². The number of aromatic amines is 1. The average Bonchev–Trinajstić information content (AvgIpc) is 3.08. The summed E-state index contributed by atoms with van der Waals surface area (Å²) in [6.45, 7) is -0.324. The minimum Gasteiger partial charge on any atom is -0.487 e. The highest BCUT2D eigenvalue weighted by Gasteiger charge is 2.41. The standard InChI is InChI=1S/C20H19F5N2O/c21-17-6-2-5-16-14(11-27-18(16)17)7-8-26-10-13-3-1-4-15(9-13)28-12-20(24,25)19(22)23/h1-6,9,11,19,26-27H,7-8,10,12H2. The Bertz CT molecular complexity index is 926. The minimum atomic E-state index is -4.19. The number of para-hydroxylation sites is 1. The highest BCUT2D eigenvalue weighted by Crippen LogP contribution is 2.25. The van der Waals surface area contributed by atoms with Crippen LogP contribution >= 0.6 is 0 Å². The van der Waals surface area contributed by atoms with E-state index in [0.29, 0.717) is 25.0 Å². The number of hydrogen-bond acceptors (Lipinski definition) is 2. The lowest BCUT2D eigenvalue weighted by molar-refractivity contribution is -0.148. The van der Waals surface area contributed by atoms with E-state index >= 15 is 0 Å². The van der Waals surface area contributed by atoms with Crippen LogP contribution in [0.2, 0.25) is 0 Å². The molecule has 0 saturated carbocycles. The lowest BCUT2D eigenvalue weighted by Crippen LogP contribution is -2.33. The Labute approximate surface area is 158 Å². The number of alkyl halides is 4. The fourth-order valence-corrected chi connectivity index (χ4v) is 2.83. The van der Waals surface area contributed by atoms with Gasteiger partial charge >= 0.3 is 12.3 Å². The zero-order valence-corrected chi connectivity index (χ0v) is 14.8. The quantitative estimate of drug-likeness (QED) is 0.397. The van der Waals surface area contributed by atoms with Crippen LogP contribution in [0.1, 0.15) is 11.1 Å². The number of nitrogens with one attached hydrogen (secondary N) is 2. The highest BCUT2D eigenvalue weighted by molar-refractivity contribution is 5.83. The number of benzene rings is 2. The van der Waals surface area contributed by atoms with Gasteiger partial charge < -0.3 is 15.0 Å². The Morgan fingerprint density at radius 3 is 2.68 bits per heavy atom. The van der Waals surface area contributed by atoms with Crippen molar-refractivity contribution in [3.8, 4) is 5.75 Å². The third kappa shape index (κ3) is 4.81. The first-order valence-electron chi connectivity index (χ1n) is 8.70. The first-order chi connectivity index (χ1) is 13.4. The van der Waals surface area contributed by atoms with Gasteiger partial charge in [0, 0.05) is 18.1 Å². The monoisotopic (exact) mass is 398 g/mol. The molecule has 8 heteroatoms. The lowest BCUT2D eigenvalue weighted by Gasteiger charge is -2.16. The number of hydrogen-bond donors (Lipinski definition) is 2. The summed E-state index contributed by atoms with van der Waals surface area (Å²) in [5.41, 5.74) is 2.22. The maximum absolute atomic E-state index is 13.7. The maximum Gasteiger partial charge on any atom is 0.340 e. The van der Waals surface area contributed by atoms with E-state index in [1.165, 1.54) is 18.2 Å². The van der Waals surface area contributed by atoms with E-state index in [4.69, 9.17) is 4.74 Å².